The van der Waals surface area contributed by atoms with Crippen molar-refractivity contribution in [1.29, 1.82) is 0 Å². The smallest absolute Gasteiger partial charge is 0.318 e. The van der Waals surface area contributed by atoms with Gasteiger partial charge in [0.2, 0.25) is 5.92 Å². The van der Waals surface area contributed by atoms with Crippen LogP contribution in [0.3, 0.4) is 0 Å². The van der Waals surface area contributed by atoms with E-state index in [1.165, 1.54) is 0 Å². The van der Waals surface area contributed by atoms with Gasteiger partial charge in [-0.05, 0) is 80.5 Å². The first-order chi connectivity index (χ1) is 19.2. The molecule has 4 heterocycles. The molecule has 1 saturated heterocycles. The fraction of sp³-hybridized carbons (Fsp3) is 0.630. The van der Waals surface area contributed by atoms with E-state index in [9.17, 15) is 18.4 Å². The highest BCUT2D eigenvalue weighted by Gasteiger charge is 2.50. The van der Waals surface area contributed by atoms with Crippen LogP contribution in [-0.2, 0) is 0 Å². The van der Waals surface area contributed by atoms with E-state index in [4.69, 9.17) is 4.98 Å². The van der Waals surface area contributed by atoms with Crippen molar-refractivity contribution >= 4 is 17.6 Å². The van der Waals surface area contributed by atoms with Gasteiger partial charge < -0.3 is 15.5 Å². The van der Waals surface area contributed by atoms with Crippen LogP contribution in [-0.4, -0.2) is 59.8 Å². The van der Waals surface area contributed by atoms with Crippen molar-refractivity contribution < 1.29 is 23.0 Å². The average Bonchev–Trinajstić information content (AvgIpc) is 3.81. The predicted octanol–water partition coefficient (Wildman–Crippen LogP) is 4.12. The quantitative estimate of drug-likeness (QED) is 0.449. The first-order valence-electron chi connectivity index (χ1n) is 14.1. The number of fused-ring (bicyclic) bond motifs is 1. The minimum atomic E-state index is -2.70. The van der Waals surface area contributed by atoms with Crippen molar-refractivity contribution in [2.45, 2.75) is 88.3 Å². The fourth-order valence-corrected chi connectivity index (χ4v) is 6.40. The van der Waals surface area contributed by atoms with E-state index in [2.05, 4.69) is 30.7 Å². The van der Waals surface area contributed by atoms with Gasteiger partial charge in [-0.15, -0.1) is 0 Å². The van der Waals surface area contributed by atoms with E-state index in [1.54, 1.807) is 23.8 Å². The summed E-state index contributed by atoms with van der Waals surface area (Å²) in [5, 5.41) is 18.2. The van der Waals surface area contributed by atoms with E-state index >= 15 is 0 Å². The lowest BCUT2D eigenvalue weighted by Gasteiger charge is -2.38. The molecule has 0 radical (unpaired) electrons. The Balaban J connectivity index is 1.18. The lowest BCUT2D eigenvalue weighted by molar-refractivity contribution is -0.0495. The van der Waals surface area contributed by atoms with E-state index in [0.717, 1.165) is 37.7 Å². The second-order valence-corrected chi connectivity index (χ2v) is 12.0. The molecule has 13 heteroatoms. The lowest BCUT2D eigenvalue weighted by Crippen LogP contribution is -2.54. The molecule has 0 bridgehead atoms. The van der Waals surface area contributed by atoms with Crippen LogP contribution in [0.5, 0.6) is 0 Å². The maximum absolute atomic E-state index is 14.0. The van der Waals surface area contributed by atoms with Crippen LogP contribution in [0.15, 0.2) is 23.1 Å². The predicted molar refractivity (Wildman–Crippen MR) is 136 cm³/mol. The summed E-state index contributed by atoms with van der Waals surface area (Å²) >= 11 is 0. The molecule has 40 heavy (non-hydrogen) atoms. The van der Waals surface area contributed by atoms with Gasteiger partial charge in [-0.3, -0.25) is 4.79 Å². The molecular formula is C27H32F2N8O3. The zero-order chi connectivity index (χ0) is 27.6. The highest BCUT2D eigenvalue weighted by atomic mass is 19.3. The van der Waals surface area contributed by atoms with Crippen LogP contribution in [0.4, 0.5) is 13.6 Å². The molecule has 1 spiro atoms. The Hall–Kier alpha value is -3.64. The summed E-state index contributed by atoms with van der Waals surface area (Å²) in [5.41, 5.74) is 2.44. The Kier molecular flexibility index (Phi) is 5.83. The number of carbonyl (C=O) groups excluding carboxylic acids is 2. The Morgan fingerprint density at radius 2 is 1.90 bits per heavy atom. The second-order valence-electron chi connectivity index (χ2n) is 12.0. The summed E-state index contributed by atoms with van der Waals surface area (Å²) in [6, 6.07) is 1.24. The number of halogens is 2. The molecular weight excluding hydrogens is 522 g/mol. The number of nitrogens with one attached hydrogen (secondary N) is 2. The Bertz CT molecular complexity index is 1450. The number of aromatic nitrogens is 5. The fourth-order valence-electron chi connectivity index (χ4n) is 6.40. The van der Waals surface area contributed by atoms with Gasteiger partial charge in [0.25, 0.3) is 5.91 Å². The summed E-state index contributed by atoms with van der Waals surface area (Å²) in [6.45, 7) is 2.33. The molecule has 2 N–H and O–H groups in total. The van der Waals surface area contributed by atoms with Crippen molar-refractivity contribution in [1.82, 2.24) is 40.4 Å². The first kappa shape index (κ1) is 25.3. The van der Waals surface area contributed by atoms with E-state index < -0.39 is 17.9 Å². The minimum absolute atomic E-state index is 0.00495. The molecule has 3 aliphatic carbocycles. The summed E-state index contributed by atoms with van der Waals surface area (Å²) in [6.07, 6.45) is 8.69. The zero-order valence-corrected chi connectivity index (χ0v) is 22.3. The molecule has 4 fully saturated rings. The molecule has 11 nitrogen and oxygen atoms in total. The molecule has 3 saturated carbocycles. The van der Waals surface area contributed by atoms with Gasteiger partial charge in [0, 0.05) is 24.9 Å². The Morgan fingerprint density at radius 3 is 2.55 bits per heavy atom. The molecule has 3 aromatic heterocycles. The van der Waals surface area contributed by atoms with Crippen LogP contribution in [0, 0.1) is 18.8 Å². The molecule has 1 unspecified atom stereocenters. The number of hydrogen-bond acceptors (Lipinski definition) is 7. The van der Waals surface area contributed by atoms with Crippen LogP contribution in [0.1, 0.15) is 97.3 Å². The van der Waals surface area contributed by atoms with Gasteiger partial charge in [0.15, 0.2) is 11.3 Å². The summed E-state index contributed by atoms with van der Waals surface area (Å²) in [5.74, 6) is -3.05. The number of amides is 3. The van der Waals surface area contributed by atoms with Crippen LogP contribution in [0.2, 0.25) is 0 Å². The van der Waals surface area contributed by atoms with E-state index in [0.29, 0.717) is 29.5 Å². The maximum atomic E-state index is 14.0. The third-order valence-corrected chi connectivity index (χ3v) is 9.13. The molecule has 2 atom stereocenters. The van der Waals surface area contributed by atoms with Crippen molar-refractivity contribution in [2.75, 3.05) is 6.54 Å². The molecule has 4 aliphatic rings. The van der Waals surface area contributed by atoms with Crippen molar-refractivity contribution in [3.63, 3.8) is 0 Å². The average molecular weight is 555 g/mol. The third-order valence-electron chi connectivity index (χ3n) is 9.13. The highest BCUT2D eigenvalue weighted by Crippen LogP contribution is 2.48. The van der Waals surface area contributed by atoms with Crippen LogP contribution >= 0.6 is 0 Å². The minimum Gasteiger partial charge on any atom is -0.342 e. The van der Waals surface area contributed by atoms with Gasteiger partial charge in [0.05, 0.1) is 30.2 Å². The number of alkyl halides is 2. The number of hydrogen-bond donors (Lipinski definition) is 2. The monoisotopic (exact) mass is 554 g/mol. The summed E-state index contributed by atoms with van der Waals surface area (Å²) < 4.78 is 34.3. The summed E-state index contributed by atoms with van der Waals surface area (Å²) in [4.78, 5) is 32.9. The Morgan fingerprint density at radius 1 is 1.12 bits per heavy atom. The molecule has 7 rings (SSSR count). The van der Waals surface area contributed by atoms with Crippen LogP contribution < -0.4 is 10.6 Å². The van der Waals surface area contributed by atoms with Crippen molar-refractivity contribution in [3.05, 3.63) is 41.1 Å². The number of aryl methyl sites for hydroxylation is 1. The van der Waals surface area contributed by atoms with E-state index in [-0.39, 0.29) is 54.9 Å². The highest BCUT2D eigenvalue weighted by molar-refractivity contribution is 5.93. The van der Waals surface area contributed by atoms with Gasteiger partial charge in [0.1, 0.15) is 5.69 Å². The maximum Gasteiger partial charge on any atom is 0.318 e. The molecule has 3 amide bonds. The van der Waals surface area contributed by atoms with Gasteiger partial charge >= 0.3 is 6.03 Å². The largest absolute Gasteiger partial charge is 0.342 e. The molecule has 212 valence electrons. The standard InChI is InChI=1S/C27H32F2N8O3/c1-15-21(35-40-34-15)24(38)32-22(16-4-6-27(28,29)7-5-16)19-14-37-20(31-19)12-18(13-30-37)23(17-2-3-17)36-11-10-26(8-9-26)33-25(36)39/h12-14,16-17,22-23H,2-11H2,1H3,(H,32,38)(H,33,39)/t22-,23?/m0/s1. The number of urea groups is 1. The topological polar surface area (TPSA) is 131 Å². The third kappa shape index (κ3) is 4.68. The molecule has 3 aromatic rings. The van der Waals surface area contributed by atoms with Gasteiger partial charge in [-0.2, -0.15) is 5.10 Å². The van der Waals surface area contributed by atoms with Crippen LogP contribution in [0.25, 0.3) is 5.65 Å². The number of nitrogens with zero attached hydrogens (tertiary/aromatic N) is 6. The van der Waals surface area contributed by atoms with E-state index in [1.807, 2.05) is 11.0 Å². The first-order valence-corrected chi connectivity index (χ1v) is 14.1. The Labute approximate surface area is 229 Å². The lowest BCUT2D eigenvalue weighted by atomic mass is 9.81. The molecule has 1 aliphatic heterocycles. The second kappa shape index (κ2) is 9.20. The number of imidazole rings is 1. The van der Waals surface area contributed by atoms with Crippen molar-refractivity contribution in [2.24, 2.45) is 11.8 Å². The van der Waals surface area contributed by atoms with Gasteiger partial charge in [-0.1, -0.05) is 5.16 Å². The molecule has 0 aromatic carbocycles. The van der Waals surface area contributed by atoms with Gasteiger partial charge in [-0.25, -0.2) is 27.7 Å². The zero-order valence-electron chi connectivity index (χ0n) is 22.3. The normalized spacial score (nSPS) is 23.7. The number of carbonyl (C=O) groups is 2. The van der Waals surface area contributed by atoms with Crippen molar-refractivity contribution in [3.8, 4) is 0 Å². The number of rotatable bonds is 7. The summed E-state index contributed by atoms with van der Waals surface area (Å²) in [7, 11) is 0. The SMILES string of the molecule is Cc1nonc1C(=O)N[C@H](c1cn2ncc(C(C3CC3)N3CCC4(CC4)NC3=O)cc2n1)C1CCC(F)(F)CC1.